The lowest BCUT2D eigenvalue weighted by atomic mass is 9.84. The molecule has 2 aliphatic heterocycles. The van der Waals surface area contributed by atoms with E-state index in [1.165, 1.54) is 6.92 Å². The topological polar surface area (TPSA) is 97.3 Å². The highest BCUT2D eigenvalue weighted by Crippen LogP contribution is 2.41. The van der Waals surface area contributed by atoms with Crippen molar-refractivity contribution >= 4 is 5.91 Å². The molecule has 2 rings (SSSR count). The molecule has 2 aliphatic rings. The zero-order valence-electron chi connectivity index (χ0n) is 12.1. The summed E-state index contributed by atoms with van der Waals surface area (Å²) in [4.78, 5) is 11.3. The molecule has 4 atom stereocenters. The molecule has 0 saturated carbocycles. The van der Waals surface area contributed by atoms with E-state index >= 15 is 0 Å². The van der Waals surface area contributed by atoms with Gasteiger partial charge in [0.2, 0.25) is 5.91 Å². The second kappa shape index (κ2) is 5.57. The van der Waals surface area contributed by atoms with Gasteiger partial charge in [-0.3, -0.25) is 4.79 Å². The molecular formula is C13H23NO6. The Bertz CT molecular complexity index is 374. The van der Waals surface area contributed by atoms with Crippen LogP contribution in [0.3, 0.4) is 0 Å². The van der Waals surface area contributed by atoms with Crippen molar-refractivity contribution in [3.63, 3.8) is 0 Å². The predicted molar refractivity (Wildman–Crippen MR) is 68.9 cm³/mol. The molecule has 3 N–H and O–H groups in total. The van der Waals surface area contributed by atoms with E-state index in [0.29, 0.717) is 0 Å². The van der Waals surface area contributed by atoms with Crippen LogP contribution in [-0.4, -0.2) is 65.6 Å². The Morgan fingerprint density at radius 3 is 2.60 bits per heavy atom. The molecule has 0 radical (unpaired) electrons. The van der Waals surface area contributed by atoms with E-state index in [9.17, 15) is 15.0 Å². The number of fused-ring (bicyclic) bond motifs is 1. The molecule has 0 aromatic heterocycles. The van der Waals surface area contributed by atoms with E-state index in [1.54, 1.807) is 13.8 Å². The van der Waals surface area contributed by atoms with Gasteiger partial charge in [-0.05, 0) is 13.8 Å². The number of carbonyl (C=O) groups excluding carboxylic acids is 1. The van der Waals surface area contributed by atoms with Crippen LogP contribution in [0.4, 0.5) is 0 Å². The third-order valence-corrected chi connectivity index (χ3v) is 3.79. The van der Waals surface area contributed by atoms with Crippen molar-refractivity contribution in [2.75, 3.05) is 19.8 Å². The summed E-state index contributed by atoms with van der Waals surface area (Å²) >= 11 is 0. The molecule has 7 nitrogen and oxygen atoms in total. The van der Waals surface area contributed by atoms with E-state index in [-0.39, 0.29) is 38.2 Å². The zero-order chi connectivity index (χ0) is 15.0. The predicted octanol–water partition coefficient (Wildman–Crippen LogP) is -0.845. The average molecular weight is 289 g/mol. The first-order chi connectivity index (χ1) is 9.33. The fourth-order valence-electron chi connectivity index (χ4n) is 2.93. The number of rotatable bonds is 4. The normalized spacial score (nSPS) is 39.4. The average Bonchev–Trinajstić information content (AvgIpc) is 2.69. The van der Waals surface area contributed by atoms with Crippen molar-refractivity contribution in [3.05, 3.63) is 0 Å². The van der Waals surface area contributed by atoms with Gasteiger partial charge in [-0.1, -0.05) is 0 Å². The molecule has 2 saturated heterocycles. The lowest BCUT2D eigenvalue weighted by Gasteiger charge is -2.45. The Kier molecular flexibility index (Phi) is 4.36. The fourth-order valence-corrected chi connectivity index (χ4v) is 2.93. The SMILES string of the molecule is CC(=O)N[C@H]1CO[C@@](CO)(CCO)[C@@H]2OC(C)(C)OC12. The van der Waals surface area contributed by atoms with Crippen molar-refractivity contribution < 1.29 is 29.2 Å². The molecule has 1 amide bonds. The molecule has 7 heteroatoms. The standard InChI is InChI=1S/C13H23NO6/c1-8(17)14-9-6-18-13(7-16,4-5-15)11-10(9)19-12(2,3)20-11/h9-11,15-16H,4-7H2,1-3H3,(H,14,17)/t9-,10?,11+,13+/m0/s1. The smallest absolute Gasteiger partial charge is 0.217 e. The van der Waals surface area contributed by atoms with Crippen LogP contribution in [0.15, 0.2) is 0 Å². The summed E-state index contributed by atoms with van der Waals surface area (Å²) in [6.45, 7) is 4.78. The van der Waals surface area contributed by atoms with Crippen LogP contribution in [0.2, 0.25) is 0 Å². The summed E-state index contributed by atoms with van der Waals surface area (Å²) in [6, 6.07) is -0.336. The lowest BCUT2D eigenvalue weighted by Crippen LogP contribution is -2.65. The lowest BCUT2D eigenvalue weighted by molar-refractivity contribution is -0.208. The van der Waals surface area contributed by atoms with Gasteiger partial charge in [-0.2, -0.15) is 0 Å². The molecule has 116 valence electrons. The molecule has 2 heterocycles. The number of amides is 1. The third-order valence-electron chi connectivity index (χ3n) is 3.79. The molecule has 0 bridgehead atoms. The van der Waals surface area contributed by atoms with Gasteiger partial charge >= 0.3 is 0 Å². The fraction of sp³-hybridized carbons (Fsp3) is 0.923. The molecule has 20 heavy (non-hydrogen) atoms. The summed E-state index contributed by atoms with van der Waals surface area (Å²) < 4.78 is 17.5. The number of carbonyl (C=O) groups is 1. The van der Waals surface area contributed by atoms with Crippen LogP contribution in [0.25, 0.3) is 0 Å². The quantitative estimate of drug-likeness (QED) is 0.624. The largest absolute Gasteiger partial charge is 0.396 e. The van der Waals surface area contributed by atoms with E-state index in [4.69, 9.17) is 14.2 Å². The second-order valence-electron chi connectivity index (χ2n) is 5.84. The number of nitrogens with one attached hydrogen (secondary N) is 1. The van der Waals surface area contributed by atoms with E-state index < -0.39 is 23.6 Å². The molecule has 2 fully saturated rings. The van der Waals surface area contributed by atoms with Gasteiger partial charge in [0.05, 0.1) is 19.3 Å². The summed E-state index contributed by atoms with van der Waals surface area (Å²) in [5, 5.41) is 21.7. The zero-order valence-corrected chi connectivity index (χ0v) is 12.1. The van der Waals surface area contributed by atoms with Crippen LogP contribution in [-0.2, 0) is 19.0 Å². The molecule has 0 aromatic rings. The molecular weight excluding hydrogens is 266 g/mol. The van der Waals surface area contributed by atoms with Crippen molar-refractivity contribution in [1.82, 2.24) is 5.32 Å². The highest BCUT2D eigenvalue weighted by atomic mass is 16.8. The summed E-state index contributed by atoms with van der Waals surface area (Å²) in [5.41, 5.74) is -0.998. The maximum atomic E-state index is 11.3. The maximum Gasteiger partial charge on any atom is 0.217 e. The Morgan fingerprint density at radius 1 is 1.35 bits per heavy atom. The summed E-state index contributed by atoms with van der Waals surface area (Å²) in [5.74, 6) is -1.00. The highest BCUT2D eigenvalue weighted by molar-refractivity contribution is 5.73. The van der Waals surface area contributed by atoms with Crippen molar-refractivity contribution in [2.24, 2.45) is 0 Å². The van der Waals surface area contributed by atoms with Crippen LogP contribution in [0, 0.1) is 0 Å². The first kappa shape index (κ1) is 15.7. The number of aliphatic hydroxyl groups excluding tert-OH is 2. The van der Waals surface area contributed by atoms with Gasteiger partial charge in [-0.25, -0.2) is 0 Å². The van der Waals surface area contributed by atoms with Crippen LogP contribution in [0.5, 0.6) is 0 Å². The Hall–Kier alpha value is -0.730. The van der Waals surface area contributed by atoms with E-state index in [1.807, 2.05) is 0 Å². The van der Waals surface area contributed by atoms with Gasteiger partial charge in [0.1, 0.15) is 17.8 Å². The van der Waals surface area contributed by atoms with Gasteiger partial charge in [0.25, 0.3) is 0 Å². The summed E-state index contributed by atoms with van der Waals surface area (Å²) in [6.07, 6.45) is -0.710. The first-order valence-electron chi connectivity index (χ1n) is 6.82. The Labute approximate surface area is 118 Å². The number of hydrogen-bond donors (Lipinski definition) is 3. The van der Waals surface area contributed by atoms with Crippen molar-refractivity contribution in [1.29, 1.82) is 0 Å². The molecule has 0 spiro atoms. The Morgan fingerprint density at radius 2 is 2.05 bits per heavy atom. The van der Waals surface area contributed by atoms with Gasteiger partial charge in [0, 0.05) is 20.0 Å². The molecule has 1 unspecified atom stereocenters. The van der Waals surface area contributed by atoms with E-state index in [2.05, 4.69) is 5.32 Å². The minimum absolute atomic E-state index is 0.127. The minimum Gasteiger partial charge on any atom is -0.396 e. The minimum atomic E-state index is -0.998. The highest BCUT2D eigenvalue weighted by Gasteiger charge is 2.58. The molecule has 0 aliphatic carbocycles. The van der Waals surface area contributed by atoms with Gasteiger partial charge in [0.15, 0.2) is 5.79 Å². The monoisotopic (exact) mass is 289 g/mol. The summed E-state index contributed by atoms with van der Waals surface area (Å²) in [7, 11) is 0. The number of aliphatic hydroxyl groups is 2. The number of ether oxygens (including phenoxy) is 3. The Balaban J connectivity index is 2.25. The van der Waals surface area contributed by atoms with Crippen LogP contribution >= 0.6 is 0 Å². The first-order valence-corrected chi connectivity index (χ1v) is 6.82. The van der Waals surface area contributed by atoms with Gasteiger partial charge < -0.3 is 29.7 Å². The molecule has 0 aromatic carbocycles. The van der Waals surface area contributed by atoms with E-state index in [0.717, 1.165) is 0 Å². The van der Waals surface area contributed by atoms with Crippen LogP contribution < -0.4 is 5.32 Å². The van der Waals surface area contributed by atoms with Crippen molar-refractivity contribution in [2.45, 2.75) is 56.8 Å². The number of hydrogen-bond acceptors (Lipinski definition) is 6. The third kappa shape index (κ3) is 2.82. The van der Waals surface area contributed by atoms with Crippen molar-refractivity contribution in [3.8, 4) is 0 Å². The maximum absolute atomic E-state index is 11.3. The van der Waals surface area contributed by atoms with Gasteiger partial charge in [-0.15, -0.1) is 0 Å². The second-order valence-corrected chi connectivity index (χ2v) is 5.84. The van der Waals surface area contributed by atoms with Crippen LogP contribution in [0.1, 0.15) is 27.2 Å².